The number of urea groups is 1. The number of methoxy groups -OCH3 is 1. The second-order valence-electron chi connectivity index (χ2n) is 4.18. The first-order valence-corrected chi connectivity index (χ1v) is 6.24. The number of amides is 2. The second-order valence-corrected chi connectivity index (χ2v) is 4.18. The molecule has 5 heteroatoms. The molecule has 5 nitrogen and oxygen atoms in total. The maximum absolute atomic E-state index is 11.9. The summed E-state index contributed by atoms with van der Waals surface area (Å²) in [6.07, 6.45) is 1.11. The van der Waals surface area contributed by atoms with Crippen molar-refractivity contribution in [3.63, 3.8) is 0 Å². The number of nitriles is 1. The monoisotopic (exact) mass is 261 g/mol. The van der Waals surface area contributed by atoms with Crippen LogP contribution in [0.3, 0.4) is 0 Å². The average Bonchev–Trinajstić information content (AvgIpc) is 2.45. The summed E-state index contributed by atoms with van der Waals surface area (Å²) in [7, 11) is 1.54. The minimum absolute atomic E-state index is 0.408. The predicted octanol–water partition coefficient (Wildman–Crippen LogP) is 2.90. The summed E-state index contributed by atoms with van der Waals surface area (Å²) in [5.41, 5.74) is -0.256. The van der Waals surface area contributed by atoms with Crippen LogP contribution < -0.4 is 15.4 Å². The number of carbonyl (C=O) groups is 1. The molecule has 1 rings (SSSR count). The molecule has 0 unspecified atom stereocenters. The molecule has 0 radical (unpaired) electrons. The second kappa shape index (κ2) is 6.64. The quantitative estimate of drug-likeness (QED) is 0.855. The van der Waals surface area contributed by atoms with Crippen LogP contribution in [-0.2, 0) is 0 Å². The highest BCUT2D eigenvalue weighted by Gasteiger charge is 2.27. The smallest absolute Gasteiger partial charge is 0.320 e. The Morgan fingerprint density at radius 2 is 2.00 bits per heavy atom. The lowest BCUT2D eigenvalue weighted by molar-refractivity contribution is 0.242. The van der Waals surface area contributed by atoms with E-state index in [0.29, 0.717) is 24.3 Å². The van der Waals surface area contributed by atoms with Gasteiger partial charge in [0.2, 0.25) is 0 Å². The number of para-hydroxylation sites is 2. The van der Waals surface area contributed by atoms with E-state index in [9.17, 15) is 10.1 Å². The number of rotatable bonds is 5. The number of anilines is 1. The molecule has 1 aromatic carbocycles. The van der Waals surface area contributed by atoms with Gasteiger partial charge in [0.1, 0.15) is 11.3 Å². The van der Waals surface area contributed by atoms with Crippen molar-refractivity contribution < 1.29 is 9.53 Å². The number of nitrogens with zero attached hydrogens (tertiary/aromatic N) is 1. The molecule has 0 saturated heterocycles. The van der Waals surface area contributed by atoms with Gasteiger partial charge >= 0.3 is 6.03 Å². The van der Waals surface area contributed by atoms with Crippen molar-refractivity contribution in [2.24, 2.45) is 0 Å². The Balaban J connectivity index is 2.78. The van der Waals surface area contributed by atoms with E-state index in [1.807, 2.05) is 19.9 Å². The predicted molar refractivity (Wildman–Crippen MR) is 74.1 cm³/mol. The third-order valence-electron chi connectivity index (χ3n) is 3.13. The Bertz CT molecular complexity index is 476. The number of hydrogen-bond donors (Lipinski definition) is 2. The van der Waals surface area contributed by atoms with Gasteiger partial charge in [-0.3, -0.25) is 0 Å². The van der Waals surface area contributed by atoms with Crippen molar-refractivity contribution in [1.82, 2.24) is 5.32 Å². The maximum Gasteiger partial charge on any atom is 0.320 e. The number of nitrogens with one attached hydrogen (secondary N) is 2. The van der Waals surface area contributed by atoms with Gasteiger partial charge in [0.05, 0.1) is 18.9 Å². The molecule has 0 aliphatic heterocycles. The van der Waals surface area contributed by atoms with Gasteiger partial charge in [-0.05, 0) is 25.0 Å². The van der Waals surface area contributed by atoms with Crippen LogP contribution in [0.25, 0.3) is 0 Å². The molecule has 0 heterocycles. The van der Waals surface area contributed by atoms with Crippen LogP contribution in [0.4, 0.5) is 10.5 Å². The normalized spacial score (nSPS) is 10.4. The molecule has 0 aromatic heterocycles. The maximum atomic E-state index is 11.9. The summed E-state index contributed by atoms with van der Waals surface area (Å²) in [5, 5.41) is 14.6. The molecule has 2 N–H and O–H groups in total. The summed E-state index contributed by atoms with van der Waals surface area (Å²) in [6.45, 7) is 3.74. The molecule has 102 valence electrons. The van der Waals surface area contributed by atoms with Gasteiger partial charge in [0.15, 0.2) is 0 Å². The Labute approximate surface area is 113 Å². The van der Waals surface area contributed by atoms with Gasteiger partial charge in [-0.2, -0.15) is 5.26 Å². The summed E-state index contributed by atoms with van der Waals surface area (Å²) >= 11 is 0. The third-order valence-corrected chi connectivity index (χ3v) is 3.13. The van der Waals surface area contributed by atoms with E-state index in [-0.39, 0.29) is 0 Å². The van der Waals surface area contributed by atoms with E-state index >= 15 is 0 Å². The number of ether oxygens (including phenoxy) is 1. The Morgan fingerprint density at radius 3 is 2.53 bits per heavy atom. The van der Waals surface area contributed by atoms with Crippen LogP contribution in [0.5, 0.6) is 5.75 Å². The highest BCUT2D eigenvalue weighted by molar-refractivity contribution is 5.91. The molecule has 1 aromatic rings. The number of carbonyl (C=O) groups excluding carboxylic acids is 1. The van der Waals surface area contributed by atoms with Crippen LogP contribution in [0.2, 0.25) is 0 Å². The summed E-state index contributed by atoms with van der Waals surface area (Å²) in [5.74, 6) is 0.577. The molecule has 19 heavy (non-hydrogen) atoms. The first-order chi connectivity index (χ1) is 9.10. The summed E-state index contributed by atoms with van der Waals surface area (Å²) in [4.78, 5) is 11.9. The van der Waals surface area contributed by atoms with Crippen LogP contribution in [0.1, 0.15) is 26.7 Å². The largest absolute Gasteiger partial charge is 0.495 e. The summed E-state index contributed by atoms with van der Waals surface area (Å²) < 4.78 is 5.15. The first-order valence-electron chi connectivity index (χ1n) is 6.24. The fourth-order valence-corrected chi connectivity index (χ4v) is 1.73. The average molecular weight is 261 g/mol. The zero-order valence-electron chi connectivity index (χ0n) is 11.5. The molecule has 0 bridgehead atoms. The fraction of sp³-hybridized carbons (Fsp3) is 0.429. The van der Waals surface area contributed by atoms with Crippen molar-refractivity contribution in [3.05, 3.63) is 24.3 Å². The van der Waals surface area contributed by atoms with Gasteiger partial charge in [0, 0.05) is 0 Å². The standard InChI is InChI=1S/C14H19N3O2/c1-4-14(5-2,10-15)17-13(18)16-11-8-6-7-9-12(11)19-3/h6-9H,4-5H2,1-3H3,(H2,16,17,18). The van der Waals surface area contributed by atoms with Gasteiger partial charge < -0.3 is 15.4 Å². The van der Waals surface area contributed by atoms with Crippen molar-refractivity contribution in [2.45, 2.75) is 32.2 Å². The molecule has 0 saturated carbocycles. The Kier molecular flexibility index (Phi) is 5.19. The van der Waals surface area contributed by atoms with E-state index in [4.69, 9.17) is 4.74 Å². The van der Waals surface area contributed by atoms with Crippen molar-refractivity contribution in [3.8, 4) is 11.8 Å². The number of benzene rings is 1. The van der Waals surface area contributed by atoms with Gasteiger partial charge in [0.25, 0.3) is 0 Å². The van der Waals surface area contributed by atoms with Crippen molar-refractivity contribution in [1.29, 1.82) is 5.26 Å². The molecule has 0 spiro atoms. The molecule has 0 fully saturated rings. The van der Waals surface area contributed by atoms with Gasteiger partial charge in [-0.15, -0.1) is 0 Å². The Morgan fingerprint density at radius 1 is 1.37 bits per heavy atom. The Hall–Kier alpha value is -2.22. The van der Waals surface area contributed by atoms with E-state index in [1.54, 1.807) is 18.2 Å². The van der Waals surface area contributed by atoms with Crippen LogP contribution >= 0.6 is 0 Å². The molecule has 0 aliphatic carbocycles. The zero-order valence-corrected chi connectivity index (χ0v) is 11.5. The summed E-state index contributed by atoms with van der Waals surface area (Å²) in [6, 6.07) is 8.87. The van der Waals surface area contributed by atoms with E-state index in [2.05, 4.69) is 16.7 Å². The molecule has 2 amide bonds. The van der Waals surface area contributed by atoms with Gasteiger partial charge in [-0.25, -0.2) is 4.79 Å². The minimum atomic E-state index is -0.827. The molecular weight excluding hydrogens is 242 g/mol. The number of hydrogen-bond acceptors (Lipinski definition) is 3. The van der Waals surface area contributed by atoms with Crippen LogP contribution in [-0.4, -0.2) is 18.7 Å². The highest BCUT2D eigenvalue weighted by Crippen LogP contribution is 2.23. The molecular formula is C14H19N3O2. The zero-order chi connectivity index (χ0) is 14.3. The lowest BCUT2D eigenvalue weighted by atomic mass is 9.95. The lowest BCUT2D eigenvalue weighted by Gasteiger charge is -2.25. The third kappa shape index (κ3) is 3.62. The fourth-order valence-electron chi connectivity index (χ4n) is 1.73. The van der Waals surface area contributed by atoms with Crippen LogP contribution in [0.15, 0.2) is 24.3 Å². The van der Waals surface area contributed by atoms with E-state index in [0.717, 1.165) is 0 Å². The van der Waals surface area contributed by atoms with Crippen molar-refractivity contribution in [2.75, 3.05) is 12.4 Å². The lowest BCUT2D eigenvalue weighted by Crippen LogP contribution is -2.48. The first kappa shape index (κ1) is 14.8. The molecule has 0 aliphatic rings. The highest BCUT2D eigenvalue weighted by atomic mass is 16.5. The van der Waals surface area contributed by atoms with Gasteiger partial charge in [-0.1, -0.05) is 26.0 Å². The topological polar surface area (TPSA) is 74.2 Å². The van der Waals surface area contributed by atoms with E-state index in [1.165, 1.54) is 7.11 Å². The molecule has 0 atom stereocenters. The van der Waals surface area contributed by atoms with E-state index < -0.39 is 11.6 Å². The SMILES string of the molecule is CCC(C#N)(CC)NC(=O)Nc1ccccc1OC. The minimum Gasteiger partial charge on any atom is -0.495 e. The van der Waals surface area contributed by atoms with Crippen LogP contribution in [0, 0.1) is 11.3 Å². The van der Waals surface area contributed by atoms with Crippen molar-refractivity contribution >= 4 is 11.7 Å².